The van der Waals surface area contributed by atoms with Crippen LogP contribution in [0.1, 0.15) is 86.1 Å². The Bertz CT molecular complexity index is 1740. The number of amides is 7. The van der Waals surface area contributed by atoms with Gasteiger partial charge in [-0.05, 0) is 68.4 Å². The van der Waals surface area contributed by atoms with Gasteiger partial charge >= 0.3 is 0 Å². The highest BCUT2D eigenvalue weighted by molar-refractivity contribution is 5.98. The maximum Gasteiger partial charge on any atom is 0.248 e. The lowest BCUT2D eigenvalue weighted by atomic mass is 9.98. The van der Waals surface area contributed by atoms with Crippen molar-refractivity contribution in [1.29, 1.82) is 0 Å². The third kappa shape index (κ3) is 11.8. The monoisotopic (exact) mass is 780 g/mol. The lowest BCUT2D eigenvalue weighted by Gasteiger charge is -2.32. The van der Waals surface area contributed by atoms with E-state index < -0.39 is 90.3 Å². The van der Waals surface area contributed by atoms with E-state index in [1.165, 1.54) is 11.8 Å². The summed E-state index contributed by atoms with van der Waals surface area (Å²) in [4.78, 5) is 101. The second-order valence-electron chi connectivity index (χ2n) is 16.4. The number of carbonyl (C=O) groups excluding carboxylic acids is 7. The smallest absolute Gasteiger partial charge is 0.248 e. The van der Waals surface area contributed by atoms with Crippen molar-refractivity contribution in [3.8, 4) is 0 Å². The summed E-state index contributed by atoms with van der Waals surface area (Å²) in [5.74, 6) is -4.75. The summed E-state index contributed by atoms with van der Waals surface area (Å²) in [7, 11) is 0. The van der Waals surface area contributed by atoms with Gasteiger partial charge in [0.05, 0.1) is 12.6 Å². The van der Waals surface area contributed by atoms with Crippen LogP contribution in [0.25, 0.3) is 10.9 Å². The summed E-state index contributed by atoms with van der Waals surface area (Å²) in [6.45, 7) is 12.2. The van der Waals surface area contributed by atoms with Crippen molar-refractivity contribution in [2.45, 2.75) is 129 Å². The Labute approximate surface area is 328 Å². The van der Waals surface area contributed by atoms with Crippen LogP contribution in [-0.2, 0) is 40.0 Å². The van der Waals surface area contributed by atoms with Crippen LogP contribution in [0.5, 0.6) is 0 Å². The van der Waals surface area contributed by atoms with Crippen LogP contribution in [0.15, 0.2) is 30.5 Å². The van der Waals surface area contributed by atoms with Crippen LogP contribution in [0.2, 0.25) is 0 Å². The van der Waals surface area contributed by atoms with Gasteiger partial charge in [-0.25, -0.2) is 0 Å². The van der Waals surface area contributed by atoms with E-state index in [1.807, 2.05) is 65.8 Å². The maximum absolute atomic E-state index is 14.1. The molecule has 1 aromatic heterocycles. The highest BCUT2D eigenvalue weighted by Gasteiger charge is 2.41. The third-order valence-corrected chi connectivity index (χ3v) is 10.1. The minimum absolute atomic E-state index is 0.0397. The van der Waals surface area contributed by atoms with E-state index >= 15 is 0 Å². The van der Waals surface area contributed by atoms with Gasteiger partial charge in [0.25, 0.3) is 0 Å². The maximum atomic E-state index is 14.1. The standard InChI is InChI=1S/C40H60N8O8/c1-21(2)15-28-36(52)44-29(16-22(3)4)37(53)45-30(17-23(5)6)38(54)47-34(24(7)49)40(56)48-14-10-13-32(48)39(55)46-31(35(51)42-20-33(50)43-28)18-25-19-41-27-12-9-8-11-26(25)27/h8-9,11-12,19,21-24,28-32,34,41,49H,10,13-18,20H2,1-7H3,(H,42,51)(H,43,50)(H,44,52)(H,45,53)(H,46,55)(H,47,54)/t24-,28-,29-,30-,31-,32-,34-/m0/s1. The minimum atomic E-state index is -1.46. The van der Waals surface area contributed by atoms with Gasteiger partial charge in [0.15, 0.2) is 0 Å². The number of aromatic amines is 1. The lowest BCUT2D eigenvalue weighted by Crippen LogP contribution is -2.61. The SMILES string of the molecule is CC(C)C[C@@H]1NC(=O)CNC(=O)[C@H](Cc2c[nH]c3ccccc23)NC(=O)[C@@H]2CCCN2C(=O)[C@H]([C@H](C)O)NC(=O)[C@H](CC(C)C)NC(=O)[C@H](CC(C)C)NC1=O. The molecule has 0 saturated carbocycles. The number of nitrogens with zero attached hydrogens (tertiary/aromatic N) is 1. The van der Waals surface area contributed by atoms with E-state index in [0.29, 0.717) is 6.42 Å². The highest BCUT2D eigenvalue weighted by Crippen LogP contribution is 2.22. The number of aromatic nitrogens is 1. The van der Waals surface area contributed by atoms with Crippen LogP contribution < -0.4 is 31.9 Å². The zero-order valence-corrected chi connectivity index (χ0v) is 33.6. The van der Waals surface area contributed by atoms with Gasteiger partial charge in [-0.15, -0.1) is 0 Å². The fourth-order valence-electron chi connectivity index (χ4n) is 7.31. The molecule has 0 bridgehead atoms. The molecule has 3 heterocycles. The van der Waals surface area contributed by atoms with E-state index in [-0.39, 0.29) is 56.4 Å². The number of benzene rings is 1. The second kappa shape index (κ2) is 19.7. The number of para-hydroxylation sites is 1. The molecule has 0 aliphatic carbocycles. The first-order valence-corrected chi connectivity index (χ1v) is 19.8. The Morgan fingerprint density at radius 2 is 1.21 bits per heavy atom. The van der Waals surface area contributed by atoms with Crippen LogP contribution >= 0.6 is 0 Å². The van der Waals surface area contributed by atoms with Crippen LogP contribution in [0.4, 0.5) is 0 Å². The van der Waals surface area contributed by atoms with Crippen molar-refractivity contribution < 1.29 is 38.7 Å². The number of H-pyrrole nitrogens is 1. The number of carbonyl (C=O) groups is 7. The number of aliphatic hydroxyl groups excluding tert-OH is 1. The number of nitrogens with one attached hydrogen (secondary N) is 7. The van der Waals surface area contributed by atoms with Crippen LogP contribution in [-0.4, -0.2) is 112 Å². The summed E-state index contributed by atoms with van der Waals surface area (Å²) in [6.07, 6.45) is 1.77. The number of aliphatic hydroxyl groups is 1. The molecule has 2 aliphatic rings. The van der Waals surface area contributed by atoms with Gasteiger partial charge < -0.3 is 46.9 Å². The topological polar surface area (TPSA) is 231 Å². The summed E-state index contributed by atoms with van der Waals surface area (Å²) < 4.78 is 0. The molecule has 308 valence electrons. The predicted molar refractivity (Wildman–Crippen MR) is 209 cm³/mol. The second-order valence-corrected chi connectivity index (χ2v) is 16.4. The highest BCUT2D eigenvalue weighted by atomic mass is 16.3. The number of hydrogen-bond acceptors (Lipinski definition) is 8. The van der Waals surface area contributed by atoms with Gasteiger partial charge in [-0.2, -0.15) is 0 Å². The van der Waals surface area contributed by atoms with Crippen molar-refractivity contribution in [3.05, 3.63) is 36.0 Å². The van der Waals surface area contributed by atoms with Gasteiger partial charge in [0, 0.05) is 30.1 Å². The molecule has 0 unspecified atom stereocenters. The summed E-state index contributed by atoms with van der Waals surface area (Å²) >= 11 is 0. The molecule has 2 aromatic rings. The van der Waals surface area contributed by atoms with Crippen molar-refractivity contribution in [2.75, 3.05) is 13.1 Å². The molecule has 2 saturated heterocycles. The largest absolute Gasteiger partial charge is 0.391 e. The van der Waals surface area contributed by atoms with E-state index in [4.69, 9.17) is 0 Å². The van der Waals surface area contributed by atoms with Crippen LogP contribution in [0, 0.1) is 17.8 Å². The Hall–Kier alpha value is -4.99. The van der Waals surface area contributed by atoms with Crippen molar-refractivity contribution in [3.63, 3.8) is 0 Å². The molecule has 2 fully saturated rings. The molecular weight excluding hydrogens is 720 g/mol. The van der Waals surface area contributed by atoms with Crippen molar-refractivity contribution in [2.24, 2.45) is 17.8 Å². The van der Waals surface area contributed by atoms with E-state index in [9.17, 15) is 38.7 Å². The lowest BCUT2D eigenvalue weighted by molar-refractivity contribution is -0.144. The average Bonchev–Trinajstić information content (AvgIpc) is 3.78. The fraction of sp³-hybridized carbons (Fsp3) is 0.625. The Kier molecular flexibility index (Phi) is 15.4. The molecule has 0 radical (unpaired) electrons. The predicted octanol–water partition coefficient (Wildman–Crippen LogP) is 0.774. The average molecular weight is 781 g/mol. The van der Waals surface area contributed by atoms with Crippen molar-refractivity contribution in [1.82, 2.24) is 41.8 Å². The summed E-state index contributed by atoms with van der Waals surface area (Å²) in [5.41, 5.74) is 1.56. The first-order chi connectivity index (χ1) is 26.4. The quantitative estimate of drug-likeness (QED) is 0.181. The van der Waals surface area contributed by atoms with E-state index in [1.54, 1.807) is 6.20 Å². The fourth-order valence-corrected chi connectivity index (χ4v) is 7.31. The molecule has 1 aromatic carbocycles. The van der Waals surface area contributed by atoms with Gasteiger partial charge in [0.2, 0.25) is 41.4 Å². The zero-order chi connectivity index (χ0) is 41.3. The van der Waals surface area contributed by atoms with Gasteiger partial charge in [-0.3, -0.25) is 33.6 Å². The first kappa shape index (κ1) is 43.7. The molecule has 16 nitrogen and oxygen atoms in total. The molecule has 2 aliphatic heterocycles. The molecule has 4 rings (SSSR count). The Morgan fingerprint density at radius 3 is 1.79 bits per heavy atom. The number of fused-ring (bicyclic) bond motifs is 2. The zero-order valence-electron chi connectivity index (χ0n) is 33.6. The molecule has 7 amide bonds. The minimum Gasteiger partial charge on any atom is -0.391 e. The molecular formula is C40H60N8O8. The molecule has 7 atom stereocenters. The van der Waals surface area contributed by atoms with Gasteiger partial charge in [-0.1, -0.05) is 59.7 Å². The summed E-state index contributed by atoms with van der Waals surface area (Å²) in [6, 6.07) is 0.554. The number of rotatable bonds is 9. The Morgan fingerprint density at radius 1 is 0.679 bits per heavy atom. The molecule has 16 heteroatoms. The summed E-state index contributed by atoms with van der Waals surface area (Å²) in [5, 5.41) is 27.9. The molecule has 8 N–H and O–H groups in total. The van der Waals surface area contributed by atoms with Crippen molar-refractivity contribution >= 4 is 52.3 Å². The molecule has 56 heavy (non-hydrogen) atoms. The normalized spacial score (nSPS) is 25.9. The first-order valence-electron chi connectivity index (χ1n) is 19.8. The number of hydrogen-bond donors (Lipinski definition) is 8. The van der Waals surface area contributed by atoms with Gasteiger partial charge in [0.1, 0.15) is 36.3 Å². The Balaban J connectivity index is 1.73. The van der Waals surface area contributed by atoms with Crippen LogP contribution in [0.3, 0.4) is 0 Å². The van der Waals surface area contributed by atoms with E-state index in [2.05, 4.69) is 36.9 Å². The third-order valence-electron chi connectivity index (χ3n) is 10.1. The molecule has 0 spiro atoms. The van der Waals surface area contributed by atoms with E-state index in [0.717, 1.165) is 16.5 Å².